The number of benzene rings is 1. The lowest BCUT2D eigenvalue weighted by Crippen LogP contribution is -2.27. The van der Waals surface area contributed by atoms with Crippen molar-refractivity contribution in [1.29, 1.82) is 0 Å². The van der Waals surface area contributed by atoms with E-state index in [1.807, 2.05) is 11.4 Å². The Hall–Kier alpha value is -0.890. The average Bonchev–Trinajstić information content (AvgIpc) is 2.77. The van der Waals surface area contributed by atoms with Crippen LogP contribution in [0.2, 0.25) is 0 Å². The molecule has 4 nitrogen and oxygen atoms in total. The fraction of sp³-hybridized carbons (Fsp3) is 0.231. The first kappa shape index (κ1) is 15.5. The number of halogens is 1. The number of sulfonamides is 1. The van der Waals surface area contributed by atoms with E-state index in [9.17, 15) is 8.42 Å². The summed E-state index contributed by atoms with van der Waals surface area (Å²) in [5, 5.41) is 1.94. The molecule has 108 valence electrons. The van der Waals surface area contributed by atoms with Gasteiger partial charge < -0.3 is 5.73 Å². The van der Waals surface area contributed by atoms with E-state index in [0.29, 0.717) is 12.2 Å². The van der Waals surface area contributed by atoms with E-state index in [4.69, 9.17) is 5.73 Å². The second-order valence-corrected chi connectivity index (χ2v) is 8.47. The van der Waals surface area contributed by atoms with Gasteiger partial charge in [-0.15, -0.1) is 11.3 Å². The van der Waals surface area contributed by atoms with E-state index in [-0.39, 0.29) is 5.75 Å². The second kappa shape index (κ2) is 6.26. The molecule has 1 heterocycles. The highest BCUT2D eigenvalue weighted by Crippen LogP contribution is 2.22. The normalized spacial score (nSPS) is 11.9. The van der Waals surface area contributed by atoms with Gasteiger partial charge in [0.15, 0.2) is 0 Å². The van der Waals surface area contributed by atoms with Crippen molar-refractivity contribution < 1.29 is 8.42 Å². The number of nitrogens with zero attached hydrogens (tertiary/aromatic N) is 1. The summed E-state index contributed by atoms with van der Waals surface area (Å²) in [6.45, 7) is 0.383. The molecular weight excluding hydrogens is 360 g/mol. The van der Waals surface area contributed by atoms with E-state index in [1.54, 1.807) is 31.3 Å². The van der Waals surface area contributed by atoms with Crippen LogP contribution < -0.4 is 5.73 Å². The lowest BCUT2D eigenvalue weighted by atomic mass is 10.2. The van der Waals surface area contributed by atoms with Gasteiger partial charge >= 0.3 is 0 Å². The fourth-order valence-corrected chi connectivity index (χ4v) is 4.44. The Kier molecular flexibility index (Phi) is 4.85. The minimum atomic E-state index is -3.33. The number of thiophene rings is 1. The summed E-state index contributed by atoms with van der Waals surface area (Å²) in [6, 6.07) is 8.83. The third-order valence-corrected chi connectivity index (χ3v) is 6.26. The first-order valence-corrected chi connectivity index (χ1v) is 9.16. The minimum absolute atomic E-state index is 0.0175. The Morgan fingerprint density at radius 3 is 2.50 bits per heavy atom. The topological polar surface area (TPSA) is 63.4 Å². The molecule has 1 aromatic carbocycles. The van der Waals surface area contributed by atoms with Crippen molar-refractivity contribution in [2.45, 2.75) is 12.3 Å². The Balaban J connectivity index is 2.07. The zero-order chi connectivity index (χ0) is 14.8. The van der Waals surface area contributed by atoms with Gasteiger partial charge in [0.1, 0.15) is 0 Å². The second-order valence-electron chi connectivity index (χ2n) is 4.49. The molecular formula is C13H15BrN2O2S2. The molecule has 0 spiro atoms. The van der Waals surface area contributed by atoms with Gasteiger partial charge in [-0.1, -0.05) is 12.1 Å². The SMILES string of the molecule is CN(Cc1cc(Br)cs1)S(=O)(=O)Cc1ccc(N)cc1. The minimum Gasteiger partial charge on any atom is -0.399 e. The van der Waals surface area contributed by atoms with Crippen molar-refractivity contribution in [3.05, 3.63) is 50.6 Å². The highest BCUT2D eigenvalue weighted by atomic mass is 79.9. The van der Waals surface area contributed by atoms with Crippen LogP contribution in [-0.4, -0.2) is 19.8 Å². The van der Waals surface area contributed by atoms with E-state index in [1.165, 1.54) is 15.6 Å². The molecule has 7 heteroatoms. The molecule has 0 saturated carbocycles. The summed E-state index contributed by atoms with van der Waals surface area (Å²) < 4.78 is 26.9. The van der Waals surface area contributed by atoms with Crippen LogP contribution in [0.1, 0.15) is 10.4 Å². The molecule has 0 amide bonds. The number of hydrogen-bond acceptors (Lipinski definition) is 4. The molecule has 0 radical (unpaired) electrons. The Labute approximate surface area is 131 Å². The van der Waals surface area contributed by atoms with E-state index >= 15 is 0 Å². The summed E-state index contributed by atoms with van der Waals surface area (Å²) in [7, 11) is -1.73. The smallest absolute Gasteiger partial charge is 0.218 e. The monoisotopic (exact) mass is 374 g/mol. The molecule has 1 aromatic heterocycles. The predicted octanol–water partition coefficient (Wildman–Crippen LogP) is 3.05. The lowest BCUT2D eigenvalue weighted by molar-refractivity contribution is 0.469. The van der Waals surface area contributed by atoms with Crippen molar-refractivity contribution in [1.82, 2.24) is 4.31 Å². The molecule has 0 unspecified atom stereocenters. The quantitative estimate of drug-likeness (QED) is 0.817. The molecule has 0 bridgehead atoms. The average molecular weight is 375 g/mol. The zero-order valence-electron chi connectivity index (χ0n) is 10.9. The molecule has 0 atom stereocenters. The van der Waals surface area contributed by atoms with Crippen LogP contribution in [0.5, 0.6) is 0 Å². The number of anilines is 1. The number of nitrogen functional groups attached to an aromatic ring is 1. The van der Waals surface area contributed by atoms with Crippen molar-refractivity contribution in [3.8, 4) is 0 Å². The number of nitrogens with two attached hydrogens (primary N) is 1. The van der Waals surface area contributed by atoms with Crippen molar-refractivity contribution in [3.63, 3.8) is 0 Å². The molecule has 0 aliphatic rings. The molecule has 0 aliphatic heterocycles. The Morgan fingerprint density at radius 2 is 1.95 bits per heavy atom. The van der Waals surface area contributed by atoms with Gasteiger partial charge in [-0.3, -0.25) is 0 Å². The largest absolute Gasteiger partial charge is 0.399 e. The number of hydrogen-bond donors (Lipinski definition) is 1. The molecule has 0 saturated heterocycles. The van der Waals surface area contributed by atoms with Gasteiger partial charge in [0.05, 0.1) is 5.75 Å². The first-order valence-electron chi connectivity index (χ1n) is 5.88. The van der Waals surface area contributed by atoms with Gasteiger partial charge in [0.2, 0.25) is 10.0 Å². The van der Waals surface area contributed by atoms with Crippen LogP contribution in [0.15, 0.2) is 40.2 Å². The molecule has 2 rings (SSSR count). The highest BCUT2D eigenvalue weighted by Gasteiger charge is 2.19. The van der Waals surface area contributed by atoms with Crippen LogP contribution in [0.3, 0.4) is 0 Å². The summed E-state index contributed by atoms with van der Waals surface area (Å²) in [5.41, 5.74) is 6.95. The Bertz CT molecular complexity index is 681. The summed E-state index contributed by atoms with van der Waals surface area (Å²) in [6.07, 6.45) is 0. The van der Waals surface area contributed by atoms with Gasteiger partial charge in [-0.05, 0) is 39.7 Å². The maximum Gasteiger partial charge on any atom is 0.218 e. The maximum atomic E-state index is 12.3. The third-order valence-electron chi connectivity index (χ3n) is 2.80. The lowest BCUT2D eigenvalue weighted by Gasteiger charge is -2.16. The van der Waals surface area contributed by atoms with Gasteiger partial charge in [0, 0.05) is 34.0 Å². The van der Waals surface area contributed by atoms with Crippen molar-refractivity contribution >= 4 is 43.0 Å². The number of rotatable bonds is 5. The standard InChI is InChI=1S/C13H15BrN2O2S2/c1-16(7-13-6-11(14)8-19-13)20(17,18)9-10-2-4-12(15)5-3-10/h2-6,8H,7,9,15H2,1H3. The van der Waals surface area contributed by atoms with E-state index in [0.717, 1.165) is 14.9 Å². The van der Waals surface area contributed by atoms with Crippen LogP contribution in [-0.2, 0) is 22.3 Å². The van der Waals surface area contributed by atoms with Crippen LogP contribution in [0.25, 0.3) is 0 Å². The van der Waals surface area contributed by atoms with Crippen LogP contribution in [0, 0.1) is 0 Å². The third kappa shape index (κ3) is 4.05. The predicted molar refractivity (Wildman–Crippen MR) is 87.0 cm³/mol. The van der Waals surface area contributed by atoms with Gasteiger partial charge in [0.25, 0.3) is 0 Å². The van der Waals surface area contributed by atoms with Crippen LogP contribution in [0.4, 0.5) is 5.69 Å². The highest BCUT2D eigenvalue weighted by molar-refractivity contribution is 9.10. The van der Waals surface area contributed by atoms with Crippen LogP contribution >= 0.6 is 27.3 Å². The fourth-order valence-electron chi connectivity index (χ4n) is 1.69. The first-order chi connectivity index (χ1) is 9.37. The molecule has 2 aromatic rings. The summed E-state index contributed by atoms with van der Waals surface area (Å²) >= 11 is 4.90. The Morgan fingerprint density at radius 1 is 1.30 bits per heavy atom. The van der Waals surface area contributed by atoms with Crippen molar-refractivity contribution in [2.75, 3.05) is 12.8 Å². The summed E-state index contributed by atoms with van der Waals surface area (Å²) in [4.78, 5) is 1.00. The zero-order valence-corrected chi connectivity index (χ0v) is 14.1. The molecule has 2 N–H and O–H groups in total. The molecule has 0 fully saturated rings. The van der Waals surface area contributed by atoms with Gasteiger partial charge in [-0.25, -0.2) is 8.42 Å². The van der Waals surface area contributed by atoms with E-state index in [2.05, 4.69) is 15.9 Å². The van der Waals surface area contributed by atoms with Gasteiger partial charge in [-0.2, -0.15) is 4.31 Å². The maximum absolute atomic E-state index is 12.3. The summed E-state index contributed by atoms with van der Waals surface area (Å²) in [5.74, 6) is -0.0175. The molecule has 0 aliphatic carbocycles. The molecule has 20 heavy (non-hydrogen) atoms. The van der Waals surface area contributed by atoms with Crippen molar-refractivity contribution in [2.24, 2.45) is 0 Å². The van der Waals surface area contributed by atoms with E-state index < -0.39 is 10.0 Å².